The third-order valence-electron chi connectivity index (χ3n) is 4.29. The molecule has 0 saturated carbocycles. The van der Waals surface area contributed by atoms with Crippen LogP contribution in [0.2, 0.25) is 0 Å². The summed E-state index contributed by atoms with van der Waals surface area (Å²) >= 11 is 0. The number of amides is 1. The molecule has 4 heteroatoms. The Labute approximate surface area is 123 Å². The maximum absolute atomic E-state index is 12.6. The molecule has 0 radical (unpaired) electrons. The minimum Gasteiger partial charge on any atom is -0.376 e. The predicted molar refractivity (Wildman–Crippen MR) is 80.7 cm³/mol. The van der Waals surface area contributed by atoms with Gasteiger partial charge in [-0.25, -0.2) is 0 Å². The SMILES string of the molecule is CC[C@@H](C)N(C(=O)[C@H](C)OC[C@H]1CCCO1)[C@@H](C)CC. The molecule has 1 aliphatic heterocycles. The van der Waals surface area contributed by atoms with Crippen molar-refractivity contribution in [1.82, 2.24) is 4.90 Å². The number of carbonyl (C=O) groups is 1. The van der Waals surface area contributed by atoms with Gasteiger partial charge in [-0.15, -0.1) is 0 Å². The van der Waals surface area contributed by atoms with E-state index in [9.17, 15) is 4.79 Å². The minimum atomic E-state index is -0.387. The molecule has 0 aromatic carbocycles. The number of nitrogens with zero attached hydrogens (tertiary/aromatic N) is 1. The Hall–Kier alpha value is -0.610. The molecule has 118 valence electrons. The van der Waals surface area contributed by atoms with Crippen molar-refractivity contribution in [3.05, 3.63) is 0 Å². The summed E-state index contributed by atoms with van der Waals surface area (Å²) in [5, 5.41) is 0. The van der Waals surface area contributed by atoms with Gasteiger partial charge in [0.2, 0.25) is 0 Å². The zero-order valence-electron chi connectivity index (χ0n) is 13.7. The van der Waals surface area contributed by atoms with E-state index in [0.29, 0.717) is 6.61 Å². The van der Waals surface area contributed by atoms with Crippen LogP contribution in [0.1, 0.15) is 60.3 Å². The smallest absolute Gasteiger partial charge is 0.251 e. The standard InChI is InChI=1S/C16H31NO3/c1-6-12(3)17(13(4)7-2)16(18)14(5)20-11-15-9-8-10-19-15/h12-15H,6-11H2,1-5H3/t12-,13+,14-,15+/m0/s1. The highest BCUT2D eigenvalue weighted by Crippen LogP contribution is 2.17. The van der Waals surface area contributed by atoms with E-state index in [4.69, 9.17) is 9.47 Å². The summed E-state index contributed by atoms with van der Waals surface area (Å²) in [5.41, 5.74) is 0. The van der Waals surface area contributed by atoms with Gasteiger partial charge in [0.05, 0.1) is 12.7 Å². The molecular formula is C16H31NO3. The van der Waals surface area contributed by atoms with Gasteiger partial charge >= 0.3 is 0 Å². The van der Waals surface area contributed by atoms with Gasteiger partial charge in [0.25, 0.3) is 5.91 Å². The molecular weight excluding hydrogens is 254 g/mol. The molecule has 1 heterocycles. The van der Waals surface area contributed by atoms with E-state index >= 15 is 0 Å². The Balaban J connectivity index is 2.53. The van der Waals surface area contributed by atoms with Crippen LogP contribution in [-0.2, 0) is 14.3 Å². The van der Waals surface area contributed by atoms with Crippen LogP contribution in [0.3, 0.4) is 0 Å². The first-order valence-electron chi connectivity index (χ1n) is 8.06. The van der Waals surface area contributed by atoms with E-state index in [1.165, 1.54) is 0 Å². The summed E-state index contributed by atoms with van der Waals surface area (Å²) in [7, 11) is 0. The average molecular weight is 285 g/mol. The second kappa shape index (κ2) is 8.63. The van der Waals surface area contributed by atoms with E-state index in [0.717, 1.165) is 32.3 Å². The summed E-state index contributed by atoms with van der Waals surface area (Å²) in [6.07, 6.45) is 3.86. The van der Waals surface area contributed by atoms with Gasteiger partial charge in [0.1, 0.15) is 6.10 Å². The summed E-state index contributed by atoms with van der Waals surface area (Å²) < 4.78 is 11.3. The van der Waals surface area contributed by atoms with E-state index < -0.39 is 0 Å². The van der Waals surface area contributed by atoms with Crippen molar-refractivity contribution in [1.29, 1.82) is 0 Å². The van der Waals surface area contributed by atoms with Gasteiger partial charge in [0.15, 0.2) is 0 Å². The molecule has 0 aromatic heterocycles. The molecule has 4 atom stereocenters. The molecule has 1 amide bonds. The maximum atomic E-state index is 12.6. The van der Waals surface area contributed by atoms with Gasteiger partial charge in [-0.1, -0.05) is 13.8 Å². The highest BCUT2D eigenvalue weighted by atomic mass is 16.5. The molecule has 4 nitrogen and oxygen atoms in total. The van der Waals surface area contributed by atoms with Crippen LogP contribution >= 0.6 is 0 Å². The molecule has 0 spiro atoms. The van der Waals surface area contributed by atoms with Crippen LogP contribution in [0, 0.1) is 0 Å². The number of hydrogen-bond donors (Lipinski definition) is 0. The normalized spacial score (nSPS) is 23.4. The monoisotopic (exact) mass is 285 g/mol. The number of carbonyl (C=O) groups excluding carboxylic acids is 1. The topological polar surface area (TPSA) is 38.8 Å². The van der Waals surface area contributed by atoms with Gasteiger partial charge in [-0.05, 0) is 46.5 Å². The first-order chi connectivity index (χ1) is 9.51. The summed E-state index contributed by atoms with van der Waals surface area (Å²) in [6, 6.07) is 0.512. The molecule has 1 aliphatic rings. The van der Waals surface area contributed by atoms with Gasteiger partial charge in [-0.3, -0.25) is 4.79 Å². The molecule has 1 fully saturated rings. The van der Waals surface area contributed by atoms with E-state index in [1.54, 1.807) is 0 Å². The molecule has 0 N–H and O–H groups in total. The second-order valence-corrected chi connectivity index (χ2v) is 5.87. The lowest BCUT2D eigenvalue weighted by atomic mass is 10.1. The fourth-order valence-electron chi connectivity index (χ4n) is 2.57. The minimum absolute atomic E-state index is 0.103. The lowest BCUT2D eigenvalue weighted by molar-refractivity contribution is -0.149. The molecule has 1 saturated heterocycles. The first-order valence-corrected chi connectivity index (χ1v) is 8.06. The van der Waals surface area contributed by atoms with Gasteiger partial charge in [0, 0.05) is 18.7 Å². The van der Waals surface area contributed by atoms with Crippen LogP contribution in [-0.4, -0.2) is 48.3 Å². The Morgan fingerprint density at radius 3 is 2.30 bits per heavy atom. The van der Waals surface area contributed by atoms with Crippen molar-refractivity contribution >= 4 is 5.91 Å². The molecule has 0 bridgehead atoms. The fraction of sp³-hybridized carbons (Fsp3) is 0.938. The molecule has 0 unspecified atom stereocenters. The van der Waals surface area contributed by atoms with E-state index in [1.807, 2.05) is 11.8 Å². The summed E-state index contributed by atoms with van der Waals surface area (Å²) in [6.45, 7) is 11.7. The number of ether oxygens (including phenoxy) is 2. The van der Waals surface area contributed by atoms with Crippen molar-refractivity contribution in [3.63, 3.8) is 0 Å². The van der Waals surface area contributed by atoms with Crippen LogP contribution in [0.15, 0.2) is 0 Å². The Bertz CT molecular complexity index is 279. The highest BCUT2D eigenvalue weighted by Gasteiger charge is 2.28. The Morgan fingerprint density at radius 2 is 1.85 bits per heavy atom. The quantitative estimate of drug-likeness (QED) is 0.688. The predicted octanol–water partition coefficient (Wildman–Crippen LogP) is 3.00. The molecule has 0 aromatic rings. The largest absolute Gasteiger partial charge is 0.376 e. The summed E-state index contributed by atoms with van der Waals surface area (Å²) in [5.74, 6) is 0.103. The van der Waals surface area contributed by atoms with E-state index in [-0.39, 0.29) is 30.2 Å². The van der Waals surface area contributed by atoms with Crippen molar-refractivity contribution in [2.45, 2.75) is 84.6 Å². The van der Waals surface area contributed by atoms with Crippen molar-refractivity contribution < 1.29 is 14.3 Å². The van der Waals surface area contributed by atoms with E-state index in [2.05, 4.69) is 27.7 Å². The van der Waals surface area contributed by atoms with Gasteiger partial charge in [-0.2, -0.15) is 0 Å². The van der Waals surface area contributed by atoms with Crippen LogP contribution < -0.4 is 0 Å². The Kier molecular flexibility index (Phi) is 7.52. The highest BCUT2D eigenvalue weighted by molar-refractivity contribution is 5.81. The zero-order chi connectivity index (χ0) is 15.1. The Morgan fingerprint density at radius 1 is 1.25 bits per heavy atom. The lowest BCUT2D eigenvalue weighted by Crippen LogP contribution is -2.49. The number of hydrogen-bond acceptors (Lipinski definition) is 3. The van der Waals surface area contributed by atoms with Crippen molar-refractivity contribution in [3.8, 4) is 0 Å². The molecule has 0 aliphatic carbocycles. The lowest BCUT2D eigenvalue weighted by Gasteiger charge is -2.36. The fourth-order valence-corrected chi connectivity index (χ4v) is 2.57. The second-order valence-electron chi connectivity index (χ2n) is 5.87. The van der Waals surface area contributed by atoms with Gasteiger partial charge < -0.3 is 14.4 Å². The maximum Gasteiger partial charge on any atom is 0.251 e. The third kappa shape index (κ3) is 4.74. The van der Waals surface area contributed by atoms with Crippen LogP contribution in [0.25, 0.3) is 0 Å². The van der Waals surface area contributed by atoms with Crippen LogP contribution in [0.4, 0.5) is 0 Å². The van der Waals surface area contributed by atoms with Crippen molar-refractivity contribution in [2.24, 2.45) is 0 Å². The van der Waals surface area contributed by atoms with Crippen LogP contribution in [0.5, 0.6) is 0 Å². The first kappa shape index (κ1) is 17.4. The average Bonchev–Trinajstić information content (AvgIpc) is 2.97. The molecule has 20 heavy (non-hydrogen) atoms. The third-order valence-corrected chi connectivity index (χ3v) is 4.29. The van der Waals surface area contributed by atoms with Crippen molar-refractivity contribution in [2.75, 3.05) is 13.2 Å². The summed E-state index contributed by atoms with van der Waals surface area (Å²) in [4.78, 5) is 14.6. The zero-order valence-corrected chi connectivity index (χ0v) is 13.7. The number of rotatable bonds is 8. The molecule has 1 rings (SSSR count).